The molecule has 3 N–H and O–H groups in total. The first kappa shape index (κ1) is 12.5. The molecule has 88 valence electrons. The first-order valence-corrected chi connectivity index (χ1v) is 5.82. The van der Waals surface area contributed by atoms with Gasteiger partial charge in [0.2, 0.25) is 0 Å². The molecular formula is C11H22N2O2. The van der Waals surface area contributed by atoms with E-state index in [4.69, 9.17) is 5.11 Å². The van der Waals surface area contributed by atoms with Gasteiger partial charge in [0, 0.05) is 12.1 Å². The number of hydrogen-bond donors (Lipinski definition) is 3. The van der Waals surface area contributed by atoms with Crippen LogP contribution in [0.5, 0.6) is 0 Å². The largest absolute Gasteiger partial charge is 0.481 e. The van der Waals surface area contributed by atoms with Gasteiger partial charge in [0.1, 0.15) is 0 Å². The normalized spacial score (nSPS) is 30.7. The van der Waals surface area contributed by atoms with Gasteiger partial charge in [-0.05, 0) is 32.9 Å². The number of carboxylic acids is 1. The predicted octanol–water partition coefficient (Wildman–Crippen LogP) is 0.827. The van der Waals surface area contributed by atoms with Crippen LogP contribution in [0.15, 0.2) is 0 Å². The maximum atomic E-state index is 11.0. The van der Waals surface area contributed by atoms with Crippen LogP contribution in [0, 0.1) is 5.92 Å². The van der Waals surface area contributed by atoms with Crippen LogP contribution in [-0.2, 0) is 4.79 Å². The fourth-order valence-electron chi connectivity index (χ4n) is 2.28. The molecule has 1 saturated carbocycles. The van der Waals surface area contributed by atoms with E-state index in [9.17, 15) is 4.79 Å². The van der Waals surface area contributed by atoms with Crippen molar-refractivity contribution in [1.29, 1.82) is 0 Å². The predicted molar refractivity (Wildman–Crippen MR) is 59.9 cm³/mol. The number of rotatable bonds is 6. The highest BCUT2D eigenvalue weighted by Gasteiger charge is 2.37. The maximum Gasteiger partial charge on any atom is 0.308 e. The topological polar surface area (TPSA) is 61.4 Å². The Morgan fingerprint density at radius 1 is 1.47 bits per heavy atom. The SMILES string of the molecule is CCCCNC1CC(NC)C(C(=O)O)C1. The molecule has 0 aromatic rings. The van der Waals surface area contributed by atoms with E-state index in [0.717, 1.165) is 19.4 Å². The van der Waals surface area contributed by atoms with Crippen LogP contribution < -0.4 is 10.6 Å². The van der Waals surface area contributed by atoms with E-state index < -0.39 is 5.97 Å². The molecule has 3 unspecified atom stereocenters. The Balaban J connectivity index is 2.35. The second-order valence-corrected chi connectivity index (χ2v) is 4.32. The molecule has 0 spiro atoms. The van der Waals surface area contributed by atoms with Crippen LogP contribution >= 0.6 is 0 Å². The molecule has 1 rings (SSSR count). The molecule has 4 nitrogen and oxygen atoms in total. The standard InChI is InChI=1S/C11H22N2O2/c1-3-4-5-13-8-6-9(11(14)15)10(7-8)12-2/h8-10,12-13H,3-7H2,1-2H3,(H,14,15). The average Bonchev–Trinajstić information content (AvgIpc) is 2.62. The first-order valence-electron chi connectivity index (χ1n) is 5.82. The van der Waals surface area contributed by atoms with Crippen molar-refractivity contribution in [2.24, 2.45) is 5.92 Å². The average molecular weight is 214 g/mol. The lowest BCUT2D eigenvalue weighted by atomic mass is 10.0. The Hall–Kier alpha value is -0.610. The summed E-state index contributed by atoms with van der Waals surface area (Å²) in [5, 5.41) is 15.6. The zero-order chi connectivity index (χ0) is 11.3. The lowest BCUT2D eigenvalue weighted by Crippen LogP contribution is -2.33. The summed E-state index contributed by atoms with van der Waals surface area (Å²) in [5.41, 5.74) is 0. The van der Waals surface area contributed by atoms with Crippen LogP contribution in [0.25, 0.3) is 0 Å². The maximum absolute atomic E-state index is 11.0. The zero-order valence-corrected chi connectivity index (χ0v) is 9.62. The Morgan fingerprint density at radius 2 is 2.20 bits per heavy atom. The Morgan fingerprint density at radius 3 is 2.67 bits per heavy atom. The zero-order valence-electron chi connectivity index (χ0n) is 9.62. The smallest absolute Gasteiger partial charge is 0.308 e. The molecule has 0 heterocycles. The van der Waals surface area contributed by atoms with E-state index in [2.05, 4.69) is 17.6 Å². The van der Waals surface area contributed by atoms with Crippen LogP contribution in [0.1, 0.15) is 32.6 Å². The van der Waals surface area contributed by atoms with E-state index in [1.165, 1.54) is 12.8 Å². The van der Waals surface area contributed by atoms with Gasteiger partial charge in [-0.15, -0.1) is 0 Å². The molecular weight excluding hydrogens is 192 g/mol. The molecule has 0 aromatic carbocycles. The lowest BCUT2D eigenvalue weighted by Gasteiger charge is -2.13. The second-order valence-electron chi connectivity index (χ2n) is 4.32. The third-order valence-corrected chi connectivity index (χ3v) is 3.21. The highest BCUT2D eigenvalue weighted by molar-refractivity contribution is 5.71. The number of unbranched alkanes of at least 4 members (excludes halogenated alkanes) is 1. The highest BCUT2D eigenvalue weighted by Crippen LogP contribution is 2.26. The summed E-state index contributed by atoms with van der Waals surface area (Å²) < 4.78 is 0. The molecule has 4 heteroatoms. The van der Waals surface area contributed by atoms with E-state index in [1.54, 1.807) is 0 Å². The van der Waals surface area contributed by atoms with Crippen LogP contribution in [0.3, 0.4) is 0 Å². The second kappa shape index (κ2) is 6.08. The summed E-state index contributed by atoms with van der Waals surface area (Å²) >= 11 is 0. The molecule has 0 radical (unpaired) electrons. The molecule has 15 heavy (non-hydrogen) atoms. The van der Waals surface area contributed by atoms with Gasteiger partial charge >= 0.3 is 5.97 Å². The van der Waals surface area contributed by atoms with Crippen molar-refractivity contribution in [3.63, 3.8) is 0 Å². The van der Waals surface area contributed by atoms with Crippen molar-refractivity contribution in [3.05, 3.63) is 0 Å². The van der Waals surface area contributed by atoms with Gasteiger partial charge in [-0.3, -0.25) is 4.79 Å². The molecule has 0 bridgehead atoms. The number of carbonyl (C=O) groups is 1. The van der Waals surface area contributed by atoms with E-state index in [0.29, 0.717) is 6.04 Å². The number of carboxylic acid groups (broad SMARTS) is 1. The van der Waals surface area contributed by atoms with E-state index in [-0.39, 0.29) is 12.0 Å². The van der Waals surface area contributed by atoms with Crippen molar-refractivity contribution >= 4 is 5.97 Å². The fraction of sp³-hybridized carbons (Fsp3) is 0.909. The Kier molecular flexibility index (Phi) is 5.05. The van der Waals surface area contributed by atoms with Crippen molar-refractivity contribution in [3.8, 4) is 0 Å². The number of nitrogens with one attached hydrogen (secondary N) is 2. The molecule has 0 aliphatic heterocycles. The van der Waals surface area contributed by atoms with Gasteiger partial charge in [0.05, 0.1) is 5.92 Å². The number of hydrogen-bond acceptors (Lipinski definition) is 3. The van der Waals surface area contributed by atoms with Gasteiger partial charge in [-0.1, -0.05) is 13.3 Å². The third kappa shape index (κ3) is 3.47. The summed E-state index contributed by atoms with van der Waals surface area (Å²) in [5.74, 6) is -0.900. The minimum atomic E-state index is -0.672. The number of aliphatic carboxylic acids is 1. The quantitative estimate of drug-likeness (QED) is 0.573. The van der Waals surface area contributed by atoms with Gasteiger partial charge < -0.3 is 15.7 Å². The van der Waals surface area contributed by atoms with Gasteiger partial charge in [0.25, 0.3) is 0 Å². The monoisotopic (exact) mass is 214 g/mol. The van der Waals surface area contributed by atoms with E-state index in [1.807, 2.05) is 7.05 Å². The molecule has 0 amide bonds. The Labute approximate surface area is 91.4 Å². The minimum Gasteiger partial charge on any atom is -0.481 e. The summed E-state index contributed by atoms with van der Waals surface area (Å²) in [7, 11) is 1.84. The van der Waals surface area contributed by atoms with Crippen LogP contribution in [0.2, 0.25) is 0 Å². The Bertz CT molecular complexity index is 209. The highest BCUT2D eigenvalue weighted by atomic mass is 16.4. The molecule has 1 aliphatic rings. The molecule has 1 fully saturated rings. The van der Waals surface area contributed by atoms with Gasteiger partial charge in [0.15, 0.2) is 0 Å². The van der Waals surface area contributed by atoms with Gasteiger partial charge in [-0.2, -0.15) is 0 Å². The minimum absolute atomic E-state index is 0.127. The lowest BCUT2D eigenvalue weighted by molar-refractivity contribution is -0.142. The summed E-state index contributed by atoms with van der Waals surface area (Å²) in [4.78, 5) is 11.0. The van der Waals surface area contributed by atoms with Crippen LogP contribution in [0.4, 0.5) is 0 Å². The van der Waals surface area contributed by atoms with Crippen molar-refractivity contribution in [2.45, 2.75) is 44.7 Å². The summed E-state index contributed by atoms with van der Waals surface area (Å²) in [6.45, 7) is 3.16. The first-order chi connectivity index (χ1) is 7.19. The fourth-order valence-corrected chi connectivity index (χ4v) is 2.28. The molecule has 0 saturated heterocycles. The van der Waals surface area contributed by atoms with Gasteiger partial charge in [-0.25, -0.2) is 0 Å². The molecule has 1 aliphatic carbocycles. The third-order valence-electron chi connectivity index (χ3n) is 3.21. The summed E-state index contributed by atoms with van der Waals surface area (Å²) in [6, 6.07) is 0.497. The van der Waals surface area contributed by atoms with Crippen molar-refractivity contribution in [1.82, 2.24) is 10.6 Å². The van der Waals surface area contributed by atoms with E-state index >= 15 is 0 Å². The summed E-state index contributed by atoms with van der Waals surface area (Å²) in [6.07, 6.45) is 4.03. The molecule has 0 aromatic heterocycles. The van der Waals surface area contributed by atoms with Crippen molar-refractivity contribution in [2.75, 3.05) is 13.6 Å². The molecule has 3 atom stereocenters. The van der Waals surface area contributed by atoms with Crippen LogP contribution in [-0.4, -0.2) is 36.8 Å². The van der Waals surface area contributed by atoms with Crippen molar-refractivity contribution < 1.29 is 9.90 Å².